The van der Waals surface area contributed by atoms with Gasteiger partial charge in [0.25, 0.3) is 0 Å². The van der Waals surface area contributed by atoms with E-state index >= 15 is 0 Å². The van der Waals surface area contributed by atoms with E-state index in [1.165, 1.54) is 0 Å². The maximum atomic E-state index is 13.4. The molecule has 2 fully saturated rings. The van der Waals surface area contributed by atoms with Crippen LogP contribution >= 0.6 is 0 Å². The lowest BCUT2D eigenvalue weighted by Gasteiger charge is -2.50. The maximum absolute atomic E-state index is 13.4. The second-order valence-electron chi connectivity index (χ2n) is 13.9. The van der Waals surface area contributed by atoms with Crippen LogP contribution in [0.2, 0.25) is 0 Å². The standard InChI is InChI=1S/C32H46N6O5/c1-31(2,3)42-29(40)36-15-12-21(13-16-36)35(7)22-14-17-37-23(18-22)20-38(30(41)43-32(4,5)6)28-26(37)19-25(33-34-28)24-10-8-9-11-27(24)39/h8-11,19,21-23,39H,12-18,20H2,1-7H3. The molecule has 0 spiro atoms. The maximum Gasteiger partial charge on any atom is 0.416 e. The van der Waals surface area contributed by atoms with E-state index in [-0.39, 0.29) is 17.9 Å². The fourth-order valence-corrected chi connectivity index (χ4v) is 6.35. The Labute approximate surface area is 254 Å². The summed E-state index contributed by atoms with van der Waals surface area (Å²) >= 11 is 0. The number of amides is 2. The SMILES string of the molecule is CN(C1CCN(C(=O)OC(C)(C)C)CC1)C1CCN2c3cc(-c4ccccc4O)nnc3N(C(=O)OC(C)(C)C)CC2C1. The van der Waals surface area contributed by atoms with Crippen LogP contribution in [-0.2, 0) is 9.47 Å². The van der Waals surface area contributed by atoms with Gasteiger partial charge in [0, 0.05) is 43.3 Å². The van der Waals surface area contributed by atoms with Crippen LogP contribution in [0.4, 0.5) is 21.1 Å². The molecule has 11 heteroatoms. The number of likely N-dealkylation sites (tertiary alicyclic amines) is 1. The Balaban J connectivity index is 1.34. The molecule has 0 radical (unpaired) electrons. The molecule has 1 aromatic carbocycles. The minimum Gasteiger partial charge on any atom is -0.507 e. The highest BCUT2D eigenvalue weighted by Gasteiger charge is 2.42. The largest absolute Gasteiger partial charge is 0.507 e. The Bertz CT molecular complexity index is 1330. The third kappa shape index (κ3) is 6.98. The zero-order chi connectivity index (χ0) is 31.1. The van der Waals surface area contributed by atoms with Gasteiger partial charge in [-0.3, -0.25) is 4.90 Å². The molecule has 2 aromatic rings. The lowest BCUT2D eigenvalue weighted by atomic mass is 9.91. The van der Waals surface area contributed by atoms with Gasteiger partial charge >= 0.3 is 12.2 Å². The van der Waals surface area contributed by atoms with Crippen LogP contribution in [0.15, 0.2) is 30.3 Å². The van der Waals surface area contributed by atoms with Crippen molar-refractivity contribution in [1.82, 2.24) is 20.0 Å². The molecule has 2 atom stereocenters. The van der Waals surface area contributed by atoms with Gasteiger partial charge in [0.15, 0.2) is 5.82 Å². The number of benzene rings is 1. The molecule has 1 N–H and O–H groups in total. The molecule has 0 saturated carbocycles. The van der Waals surface area contributed by atoms with Crippen molar-refractivity contribution >= 4 is 23.7 Å². The highest BCUT2D eigenvalue weighted by Crippen LogP contribution is 2.41. The number of rotatable bonds is 3. The Morgan fingerprint density at radius 1 is 0.907 bits per heavy atom. The fraction of sp³-hybridized carbons (Fsp3) is 0.625. The number of aromatic nitrogens is 2. The molecule has 234 valence electrons. The number of ether oxygens (including phenoxy) is 2. The van der Waals surface area contributed by atoms with Crippen molar-refractivity contribution in [1.29, 1.82) is 0 Å². The first-order chi connectivity index (χ1) is 20.2. The lowest BCUT2D eigenvalue weighted by Crippen LogP contribution is -2.59. The number of piperidine rings is 2. The normalized spacial score (nSPS) is 21.3. The number of para-hydroxylation sites is 1. The fourth-order valence-electron chi connectivity index (χ4n) is 6.35. The molecule has 5 rings (SSSR count). The minimum atomic E-state index is -0.652. The summed E-state index contributed by atoms with van der Waals surface area (Å²) in [6.45, 7) is 13.9. The number of phenolic OH excluding ortho intramolecular Hbond substituents is 1. The molecule has 2 unspecified atom stereocenters. The van der Waals surface area contributed by atoms with Crippen LogP contribution in [0, 0.1) is 0 Å². The zero-order valence-electron chi connectivity index (χ0n) is 26.5. The molecule has 1 aromatic heterocycles. The van der Waals surface area contributed by atoms with Crippen LogP contribution in [0.3, 0.4) is 0 Å². The van der Waals surface area contributed by atoms with Gasteiger partial charge in [-0.2, -0.15) is 0 Å². The smallest absolute Gasteiger partial charge is 0.416 e. The first-order valence-electron chi connectivity index (χ1n) is 15.3. The zero-order valence-corrected chi connectivity index (χ0v) is 26.5. The molecule has 3 aliphatic rings. The molecule has 2 amide bonds. The summed E-state index contributed by atoms with van der Waals surface area (Å²) in [6, 6.07) is 9.75. The van der Waals surface area contributed by atoms with E-state index in [0.29, 0.717) is 48.8 Å². The predicted molar refractivity (Wildman–Crippen MR) is 165 cm³/mol. The first-order valence-corrected chi connectivity index (χ1v) is 15.3. The summed E-state index contributed by atoms with van der Waals surface area (Å²) in [5, 5.41) is 19.4. The molecular weight excluding hydrogens is 548 g/mol. The number of fused-ring (bicyclic) bond motifs is 3. The van der Waals surface area contributed by atoms with E-state index in [2.05, 4.69) is 27.0 Å². The summed E-state index contributed by atoms with van der Waals surface area (Å²) in [4.78, 5) is 34.2. The Morgan fingerprint density at radius 2 is 1.53 bits per heavy atom. The van der Waals surface area contributed by atoms with Crippen LogP contribution in [0.5, 0.6) is 5.75 Å². The number of aromatic hydroxyl groups is 1. The van der Waals surface area contributed by atoms with E-state index in [0.717, 1.165) is 37.9 Å². The van der Waals surface area contributed by atoms with E-state index < -0.39 is 17.3 Å². The van der Waals surface area contributed by atoms with Gasteiger partial charge in [0.2, 0.25) is 0 Å². The van der Waals surface area contributed by atoms with Crippen molar-refractivity contribution in [2.24, 2.45) is 0 Å². The van der Waals surface area contributed by atoms with Crippen LogP contribution < -0.4 is 9.80 Å². The van der Waals surface area contributed by atoms with Crippen LogP contribution in [0.1, 0.15) is 67.2 Å². The number of phenols is 1. The third-order valence-corrected chi connectivity index (χ3v) is 8.46. The molecule has 0 aliphatic carbocycles. The van der Waals surface area contributed by atoms with Gasteiger partial charge in [-0.1, -0.05) is 12.1 Å². The van der Waals surface area contributed by atoms with Gasteiger partial charge in [-0.25, -0.2) is 9.59 Å². The van der Waals surface area contributed by atoms with Crippen molar-refractivity contribution in [2.75, 3.05) is 43.0 Å². The van der Waals surface area contributed by atoms with Gasteiger partial charge < -0.3 is 29.3 Å². The number of nitrogens with zero attached hydrogens (tertiary/aromatic N) is 6. The Morgan fingerprint density at radius 3 is 2.19 bits per heavy atom. The number of carbonyl (C=O) groups excluding carboxylic acids is 2. The van der Waals surface area contributed by atoms with Crippen molar-refractivity contribution in [3.63, 3.8) is 0 Å². The Kier molecular flexibility index (Phi) is 8.48. The summed E-state index contributed by atoms with van der Waals surface area (Å²) in [5.74, 6) is 0.608. The van der Waals surface area contributed by atoms with Crippen LogP contribution in [-0.4, -0.2) is 99.8 Å². The van der Waals surface area contributed by atoms with Crippen molar-refractivity contribution < 1.29 is 24.2 Å². The number of hydrogen-bond acceptors (Lipinski definition) is 9. The summed E-state index contributed by atoms with van der Waals surface area (Å²) < 4.78 is 11.4. The van der Waals surface area contributed by atoms with Crippen molar-refractivity contribution in [3.8, 4) is 17.0 Å². The number of carbonyl (C=O) groups is 2. The predicted octanol–water partition coefficient (Wildman–Crippen LogP) is 5.27. The average molecular weight is 595 g/mol. The second-order valence-corrected chi connectivity index (χ2v) is 13.9. The second kappa shape index (κ2) is 11.8. The van der Waals surface area contributed by atoms with Crippen molar-refractivity contribution in [2.45, 2.75) is 96.6 Å². The van der Waals surface area contributed by atoms with Gasteiger partial charge in [-0.05, 0) is 92.5 Å². The number of hydrogen-bond donors (Lipinski definition) is 1. The molecule has 4 heterocycles. The van der Waals surface area contributed by atoms with Gasteiger partial charge in [-0.15, -0.1) is 10.2 Å². The van der Waals surface area contributed by atoms with Crippen molar-refractivity contribution in [3.05, 3.63) is 30.3 Å². The molecule has 0 bridgehead atoms. The minimum absolute atomic E-state index is 0.0597. The third-order valence-electron chi connectivity index (χ3n) is 8.46. The topological polar surface area (TPSA) is 112 Å². The quantitative estimate of drug-likeness (QED) is 0.508. The number of anilines is 2. The molecule has 11 nitrogen and oxygen atoms in total. The van der Waals surface area contributed by atoms with E-state index in [1.807, 2.05) is 64.6 Å². The molecule has 3 aliphatic heterocycles. The lowest BCUT2D eigenvalue weighted by molar-refractivity contribution is 0.0119. The summed E-state index contributed by atoms with van der Waals surface area (Å²) in [5.41, 5.74) is 0.815. The van der Waals surface area contributed by atoms with E-state index in [4.69, 9.17) is 9.47 Å². The van der Waals surface area contributed by atoms with Crippen LogP contribution in [0.25, 0.3) is 11.3 Å². The average Bonchev–Trinajstić information content (AvgIpc) is 2.94. The monoisotopic (exact) mass is 594 g/mol. The summed E-state index contributed by atoms with van der Waals surface area (Å²) in [7, 11) is 2.19. The highest BCUT2D eigenvalue weighted by atomic mass is 16.6. The van der Waals surface area contributed by atoms with Gasteiger partial charge in [0.1, 0.15) is 17.0 Å². The first kappa shape index (κ1) is 30.8. The molecule has 43 heavy (non-hydrogen) atoms. The molecule has 2 saturated heterocycles. The van der Waals surface area contributed by atoms with E-state index in [1.54, 1.807) is 17.0 Å². The highest BCUT2D eigenvalue weighted by molar-refractivity contribution is 5.93. The summed E-state index contributed by atoms with van der Waals surface area (Å²) in [6.07, 6.45) is 2.94. The van der Waals surface area contributed by atoms with Gasteiger partial charge in [0.05, 0.1) is 17.9 Å². The van der Waals surface area contributed by atoms with E-state index in [9.17, 15) is 14.7 Å². The molecular formula is C32H46N6O5. The Hall–Kier alpha value is -3.60.